The Morgan fingerprint density at radius 3 is 1.34 bits per heavy atom. The van der Waals surface area contributed by atoms with Crippen LogP contribution in [0.4, 0.5) is 0 Å². The first-order valence-electron chi connectivity index (χ1n) is 31.1. The maximum Gasteiger partial charge on any atom is 0.246 e. The summed E-state index contributed by atoms with van der Waals surface area (Å²) in [7, 11) is 10.1. The summed E-state index contributed by atoms with van der Waals surface area (Å²) in [6, 6.07) is -12.1. The van der Waals surface area contributed by atoms with E-state index in [-0.39, 0.29) is 68.7 Å². The highest BCUT2D eigenvalue weighted by Crippen LogP contribution is 2.26. The van der Waals surface area contributed by atoms with Crippen molar-refractivity contribution in [2.45, 2.75) is 229 Å². The standard InChI is InChI=1S/C63H113N11O12/c1-25-27-28-41(15)53(76)52-57(80)66-44(26-2)59(82)68(18)30-29-49(75)69(19)45(31-35(3)4)56(79)67-50(39(11)12)62(85)70(20)46(32-36(5)6)55(78)64-42(16)54(77)65-43(17)58(81)71(21)47(33-37(7)8)60(83)72(22)48(34-38(9)10)61(84)73(23)51(40(13)14)63(86)74(52)24/h25,27,35-48,50-53,76H,26,28-34H2,1-24H3,(H,64,78)(H,65,77)(H,66,80)(H,67,79)/b27-25+/t41-,42-,43+,44-,45+,46-,47-,48-,50-,51-,52-,53-/m1/s1. The fraction of sp³-hybridized carbons (Fsp3) is 0.794. The van der Waals surface area contributed by atoms with Gasteiger partial charge in [0.1, 0.15) is 60.4 Å². The number of allylic oxidation sites excluding steroid dienone is 2. The largest absolute Gasteiger partial charge is 0.390 e. The second-order valence-corrected chi connectivity index (χ2v) is 26.4. The van der Waals surface area contributed by atoms with E-state index < -0.39 is 149 Å². The summed E-state index contributed by atoms with van der Waals surface area (Å²) >= 11 is 0. The van der Waals surface area contributed by atoms with Gasteiger partial charge in [0.2, 0.25) is 65.0 Å². The minimum Gasteiger partial charge on any atom is -0.390 e. The van der Waals surface area contributed by atoms with E-state index in [0.29, 0.717) is 6.42 Å². The van der Waals surface area contributed by atoms with Gasteiger partial charge in [-0.2, -0.15) is 0 Å². The molecule has 1 saturated heterocycles. The third-order valence-corrected chi connectivity index (χ3v) is 16.4. The Morgan fingerprint density at radius 1 is 0.465 bits per heavy atom. The van der Waals surface area contributed by atoms with Crippen molar-refractivity contribution in [3.8, 4) is 0 Å². The summed E-state index contributed by atoms with van der Waals surface area (Å²) < 4.78 is 0. The van der Waals surface area contributed by atoms with Gasteiger partial charge < -0.3 is 60.7 Å². The van der Waals surface area contributed by atoms with Crippen LogP contribution in [0.5, 0.6) is 0 Å². The number of nitrogens with one attached hydrogen (secondary N) is 4. The lowest BCUT2D eigenvalue weighted by molar-refractivity contribution is -0.157. The normalized spacial score (nSPS) is 26.9. The lowest BCUT2D eigenvalue weighted by Gasteiger charge is -2.41. The number of carbonyl (C=O) groups is 11. The Hall–Kier alpha value is -6.13. The highest BCUT2D eigenvalue weighted by molar-refractivity contribution is 5.99. The van der Waals surface area contributed by atoms with Gasteiger partial charge in [0, 0.05) is 62.3 Å². The smallest absolute Gasteiger partial charge is 0.246 e. The topological polar surface area (TPSA) is 279 Å². The highest BCUT2D eigenvalue weighted by atomic mass is 16.3. The molecule has 1 fully saturated rings. The molecule has 0 aromatic heterocycles. The number of hydrogen-bond donors (Lipinski definition) is 5. The van der Waals surface area contributed by atoms with Crippen LogP contribution < -0.4 is 21.3 Å². The van der Waals surface area contributed by atoms with Crippen LogP contribution in [-0.2, 0) is 52.7 Å². The van der Waals surface area contributed by atoms with Crippen LogP contribution in [0.3, 0.4) is 0 Å². The Labute approximate surface area is 515 Å². The Balaban J connectivity index is 4.27. The molecule has 1 rings (SSSR count). The first-order chi connectivity index (χ1) is 39.7. The first-order valence-corrected chi connectivity index (χ1v) is 31.1. The molecule has 0 aromatic rings. The number of carbonyl (C=O) groups excluding carboxylic acids is 11. The lowest BCUT2D eigenvalue weighted by Crippen LogP contribution is -2.63. The van der Waals surface area contributed by atoms with Crippen molar-refractivity contribution in [1.29, 1.82) is 0 Å². The molecule has 0 spiro atoms. The van der Waals surface area contributed by atoms with Crippen molar-refractivity contribution in [3.63, 3.8) is 0 Å². The second-order valence-electron chi connectivity index (χ2n) is 26.4. The van der Waals surface area contributed by atoms with Crippen LogP contribution in [0.15, 0.2) is 12.2 Å². The van der Waals surface area contributed by atoms with E-state index in [9.17, 15) is 48.3 Å². The van der Waals surface area contributed by atoms with Gasteiger partial charge >= 0.3 is 0 Å². The molecule has 0 radical (unpaired) electrons. The molecule has 492 valence electrons. The molecule has 12 atom stereocenters. The SMILES string of the molecule is C/C=C/C[C@@H](C)[C@@H](O)[C@@H]1C(=O)N[C@H](CC)C(=O)N(C)CCC(=O)N(C)[C@@H](CC(C)C)C(=O)N[C@H](C(C)C)C(=O)N(C)[C@H](CC(C)C)C(=O)N[C@H](C)C(=O)N[C@@H](C)C(=O)N(C)[C@H](CC(C)C)C(=O)N(C)[C@H](CC(C)C)C(=O)N(C)[C@H](C(C)C)C(=O)N1C. The Bertz CT molecular complexity index is 2340. The van der Waals surface area contributed by atoms with Crippen molar-refractivity contribution in [2.24, 2.45) is 41.4 Å². The van der Waals surface area contributed by atoms with Gasteiger partial charge in [0.25, 0.3) is 0 Å². The summed E-state index contributed by atoms with van der Waals surface area (Å²) in [6.07, 6.45) is 2.98. The predicted octanol–water partition coefficient (Wildman–Crippen LogP) is 3.66. The van der Waals surface area contributed by atoms with Gasteiger partial charge in [-0.3, -0.25) is 52.7 Å². The van der Waals surface area contributed by atoms with Crippen molar-refractivity contribution < 1.29 is 57.8 Å². The zero-order valence-electron chi connectivity index (χ0n) is 56.8. The van der Waals surface area contributed by atoms with E-state index in [1.807, 2.05) is 68.4 Å². The van der Waals surface area contributed by atoms with Gasteiger partial charge in [-0.05, 0) is 101 Å². The molecule has 5 N–H and O–H groups in total. The van der Waals surface area contributed by atoms with Crippen molar-refractivity contribution in [2.75, 3.05) is 55.9 Å². The minimum atomic E-state index is -1.58. The summed E-state index contributed by atoms with van der Waals surface area (Å²) in [5, 5.41) is 23.1. The third-order valence-electron chi connectivity index (χ3n) is 16.4. The zero-order chi connectivity index (χ0) is 66.7. The Morgan fingerprint density at radius 2 is 0.884 bits per heavy atom. The number of rotatable bonds is 15. The molecular weight excluding hydrogens is 1100 g/mol. The maximum atomic E-state index is 15.1. The molecule has 86 heavy (non-hydrogen) atoms. The highest BCUT2D eigenvalue weighted by Gasteiger charge is 2.45. The molecule has 1 aliphatic rings. The van der Waals surface area contributed by atoms with Crippen LogP contribution in [0.1, 0.15) is 163 Å². The summed E-state index contributed by atoms with van der Waals surface area (Å²) in [6.45, 7) is 29.9. The van der Waals surface area contributed by atoms with Gasteiger partial charge in [-0.1, -0.05) is 109 Å². The van der Waals surface area contributed by atoms with Crippen LogP contribution in [0.2, 0.25) is 0 Å². The maximum absolute atomic E-state index is 15.1. The van der Waals surface area contributed by atoms with E-state index in [1.54, 1.807) is 47.6 Å². The monoisotopic (exact) mass is 1220 g/mol. The first kappa shape index (κ1) is 77.9. The lowest BCUT2D eigenvalue weighted by atomic mass is 9.91. The molecule has 23 heteroatoms. The zero-order valence-corrected chi connectivity index (χ0v) is 56.8. The van der Waals surface area contributed by atoms with Crippen LogP contribution in [0.25, 0.3) is 0 Å². The van der Waals surface area contributed by atoms with Crippen molar-refractivity contribution in [3.05, 3.63) is 12.2 Å². The number of aliphatic hydroxyl groups is 1. The molecule has 0 aliphatic carbocycles. The molecular formula is C63H113N11O12. The van der Waals surface area contributed by atoms with Gasteiger partial charge in [0.15, 0.2) is 0 Å². The molecule has 0 bridgehead atoms. The number of aliphatic hydroxyl groups excluding tert-OH is 1. The number of amides is 11. The molecule has 0 aromatic carbocycles. The number of nitrogens with zero attached hydrogens (tertiary/aromatic N) is 7. The fourth-order valence-corrected chi connectivity index (χ4v) is 10.8. The molecule has 23 nitrogen and oxygen atoms in total. The Kier molecular flexibility index (Phi) is 32.3. The van der Waals surface area contributed by atoms with E-state index in [4.69, 9.17) is 0 Å². The summed E-state index contributed by atoms with van der Waals surface area (Å²) in [5.74, 6) is -9.21. The number of likely N-dealkylation sites (N-methyl/N-ethyl adjacent to an activating group) is 7. The van der Waals surface area contributed by atoms with Crippen LogP contribution in [0, 0.1) is 41.4 Å². The van der Waals surface area contributed by atoms with Crippen molar-refractivity contribution in [1.82, 2.24) is 55.6 Å². The van der Waals surface area contributed by atoms with E-state index in [2.05, 4.69) is 21.3 Å². The molecule has 11 amide bonds. The van der Waals surface area contributed by atoms with E-state index in [0.717, 1.165) is 4.90 Å². The van der Waals surface area contributed by atoms with E-state index >= 15 is 9.59 Å². The average molecular weight is 1220 g/mol. The number of hydrogen-bond acceptors (Lipinski definition) is 12. The predicted molar refractivity (Wildman–Crippen MR) is 333 cm³/mol. The second kappa shape index (κ2) is 35.6. The van der Waals surface area contributed by atoms with Gasteiger partial charge in [0.05, 0.1) is 6.10 Å². The molecule has 1 aliphatic heterocycles. The van der Waals surface area contributed by atoms with E-state index in [1.165, 1.54) is 92.6 Å². The molecule has 1 heterocycles. The summed E-state index contributed by atoms with van der Waals surface area (Å²) in [5.41, 5.74) is 0. The third kappa shape index (κ3) is 21.9. The summed E-state index contributed by atoms with van der Waals surface area (Å²) in [4.78, 5) is 169. The van der Waals surface area contributed by atoms with Crippen molar-refractivity contribution >= 4 is 65.0 Å². The molecule has 0 saturated carbocycles. The van der Waals surface area contributed by atoms with Crippen LogP contribution in [-0.4, -0.2) is 227 Å². The minimum absolute atomic E-state index is 0.0772. The quantitative estimate of drug-likeness (QED) is 0.147. The molecule has 0 unspecified atom stereocenters. The van der Waals surface area contributed by atoms with Gasteiger partial charge in [-0.25, -0.2) is 0 Å². The van der Waals surface area contributed by atoms with Crippen LogP contribution >= 0.6 is 0 Å². The van der Waals surface area contributed by atoms with Gasteiger partial charge in [-0.15, -0.1) is 0 Å². The fourth-order valence-electron chi connectivity index (χ4n) is 10.8. The average Bonchev–Trinajstić information content (AvgIpc) is 1.64.